The zero-order chi connectivity index (χ0) is 15.4. The molecule has 0 saturated carbocycles. The van der Waals surface area contributed by atoms with Crippen molar-refractivity contribution in [1.29, 1.82) is 0 Å². The second-order valence-corrected chi connectivity index (χ2v) is 5.70. The lowest BCUT2D eigenvalue weighted by Gasteiger charge is -2.02. The molecule has 0 N–H and O–H groups in total. The molecule has 0 aliphatic rings. The van der Waals surface area contributed by atoms with E-state index in [0.29, 0.717) is 10.8 Å². The smallest absolute Gasteiger partial charge is 0.310 e. The van der Waals surface area contributed by atoms with Crippen molar-refractivity contribution in [2.45, 2.75) is 13.0 Å². The molecule has 7 heteroatoms. The monoisotopic (exact) mass is 334 g/mol. The van der Waals surface area contributed by atoms with E-state index in [-0.39, 0.29) is 24.9 Å². The van der Waals surface area contributed by atoms with Gasteiger partial charge in [-0.2, -0.15) is 16.3 Å². The normalized spacial score (nSPS) is 10.6. The predicted octanol–water partition coefficient (Wildman–Crippen LogP) is 3.74. The van der Waals surface area contributed by atoms with Crippen molar-refractivity contribution in [2.75, 3.05) is 0 Å². The molecular formula is C15H11ClN2O3S. The van der Waals surface area contributed by atoms with E-state index in [4.69, 9.17) is 20.9 Å². The molecule has 5 nitrogen and oxygen atoms in total. The molecule has 0 aliphatic heterocycles. The standard InChI is InChI=1S/C15H11ClN2O3S/c16-12-3-1-10(2-4-12)7-14(19)20-8-13-17-15(18-21-13)11-5-6-22-9-11/h1-6,9H,7-8H2. The van der Waals surface area contributed by atoms with Gasteiger partial charge in [0.1, 0.15) is 0 Å². The third-order valence-corrected chi connectivity index (χ3v) is 3.80. The lowest BCUT2D eigenvalue weighted by Crippen LogP contribution is -2.08. The molecule has 2 aromatic heterocycles. The molecule has 112 valence electrons. The summed E-state index contributed by atoms with van der Waals surface area (Å²) in [6, 6.07) is 8.92. The quantitative estimate of drug-likeness (QED) is 0.665. The Bertz CT molecular complexity index is 753. The van der Waals surface area contributed by atoms with Crippen molar-refractivity contribution in [2.24, 2.45) is 0 Å². The van der Waals surface area contributed by atoms with E-state index in [9.17, 15) is 4.79 Å². The lowest BCUT2D eigenvalue weighted by atomic mass is 10.2. The first-order valence-electron chi connectivity index (χ1n) is 6.46. The van der Waals surface area contributed by atoms with E-state index >= 15 is 0 Å². The van der Waals surface area contributed by atoms with Crippen LogP contribution in [-0.2, 0) is 22.6 Å². The molecule has 22 heavy (non-hydrogen) atoms. The SMILES string of the molecule is O=C(Cc1ccc(Cl)cc1)OCc1nc(-c2ccsc2)no1. The van der Waals surface area contributed by atoms with Crippen molar-refractivity contribution in [3.8, 4) is 11.4 Å². The molecule has 0 saturated heterocycles. The van der Waals surface area contributed by atoms with Gasteiger partial charge >= 0.3 is 5.97 Å². The van der Waals surface area contributed by atoms with Crippen LogP contribution in [0, 0.1) is 0 Å². The maximum absolute atomic E-state index is 11.8. The third-order valence-electron chi connectivity index (χ3n) is 2.87. The zero-order valence-electron chi connectivity index (χ0n) is 11.4. The average molecular weight is 335 g/mol. The summed E-state index contributed by atoms with van der Waals surface area (Å²) < 4.78 is 10.2. The van der Waals surface area contributed by atoms with E-state index in [0.717, 1.165) is 11.1 Å². The third kappa shape index (κ3) is 3.72. The Hall–Kier alpha value is -2.18. The number of rotatable bonds is 5. The van der Waals surface area contributed by atoms with Gasteiger partial charge in [0.2, 0.25) is 5.82 Å². The topological polar surface area (TPSA) is 65.2 Å². The maximum Gasteiger partial charge on any atom is 0.310 e. The predicted molar refractivity (Wildman–Crippen MR) is 82.6 cm³/mol. The zero-order valence-corrected chi connectivity index (χ0v) is 12.9. The van der Waals surface area contributed by atoms with Gasteiger partial charge in [0, 0.05) is 16.0 Å². The minimum absolute atomic E-state index is 0.0381. The van der Waals surface area contributed by atoms with Crippen molar-refractivity contribution in [3.63, 3.8) is 0 Å². The summed E-state index contributed by atoms with van der Waals surface area (Å²) in [6.45, 7) is -0.0381. The van der Waals surface area contributed by atoms with E-state index in [1.54, 1.807) is 35.6 Å². The summed E-state index contributed by atoms with van der Waals surface area (Å²) in [7, 11) is 0. The summed E-state index contributed by atoms with van der Waals surface area (Å²) in [5.74, 6) is 0.397. The molecule has 0 unspecified atom stereocenters. The van der Waals surface area contributed by atoms with Crippen molar-refractivity contribution < 1.29 is 14.1 Å². The summed E-state index contributed by atoms with van der Waals surface area (Å²) in [6.07, 6.45) is 0.169. The fraction of sp³-hybridized carbons (Fsp3) is 0.133. The van der Waals surface area contributed by atoms with Crippen LogP contribution >= 0.6 is 22.9 Å². The maximum atomic E-state index is 11.8. The highest BCUT2D eigenvalue weighted by molar-refractivity contribution is 7.08. The fourth-order valence-electron chi connectivity index (χ4n) is 1.78. The van der Waals surface area contributed by atoms with Crippen LogP contribution in [-0.4, -0.2) is 16.1 Å². The molecule has 2 heterocycles. The molecule has 3 rings (SSSR count). The van der Waals surface area contributed by atoms with Gasteiger partial charge in [-0.15, -0.1) is 0 Å². The molecule has 0 fully saturated rings. The number of thiophene rings is 1. The van der Waals surface area contributed by atoms with E-state index < -0.39 is 0 Å². The Labute approximate surface area is 135 Å². The molecule has 1 aromatic carbocycles. The lowest BCUT2D eigenvalue weighted by molar-refractivity contribution is -0.144. The number of aromatic nitrogens is 2. The Kier molecular flexibility index (Phi) is 4.50. The number of ether oxygens (including phenoxy) is 1. The first-order valence-corrected chi connectivity index (χ1v) is 7.78. The van der Waals surface area contributed by atoms with Crippen molar-refractivity contribution in [3.05, 3.63) is 57.6 Å². The number of hydrogen-bond donors (Lipinski definition) is 0. The Morgan fingerprint density at radius 1 is 1.27 bits per heavy atom. The van der Waals surface area contributed by atoms with Crippen LogP contribution < -0.4 is 0 Å². The number of carbonyl (C=O) groups excluding carboxylic acids is 1. The number of hydrogen-bond acceptors (Lipinski definition) is 6. The highest BCUT2D eigenvalue weighted by Crippen LogP contribution is 2.19. The van der Waals surface area contributed by atoms with Gasteiger partial charge in [-0.25, -0.2) is 0 Å². The van der Waals surface area contributed by atoms with E-state index in [1.807, 2.05) is 16.8 Å². The van der Waals surface area contributed by atoms with Gasteiger partial charge in [0.25, 0.3) is 5.89 Å². The number of esters is 1. The minimum atomic E-state index is -0.363. The first kappa shape index (κ1) is 14.7. The summed E-state index contributed by atoms with van der Waals surface area (Å²) in [4.78, 5) is 15.9. The first-order chi connectivity index (χ1) is 10.7. The highest BCUT2D eigenvalue weighted by Gasteiger charge is 2.11. The fourth-order valence-corrected chi connectivity index (χ4v) is 2.54. The van der Waals surface area contributed by atoms with E-state index in [1.165, 1.54) is 0 Å². The number of halogens is 1. The Morgan fingerprint density at radius 2 is 2.09 bits per heavy atom. The van der Waals surface area contributed by atoms with Gasteiger partial charge in [-0.3, -0.25) is 4.79 Å². The van der Waals surface area contributed by atoms with Gasteiger partial charge < -0.3 is 9.26 Å². The van der Waals surface area contributed by atoms with Crippen LogP contribution in [0.4, 0.5) is 0 Å². The van der Waals surface area contributed by atoms with Crippen molar-refractivity contribution in [1.82, 2.24) is 10.1 Å². The number of nitrogens with zero attached hydrogens (tertiary/aromatic N) is 2. The summed E-state index contributed by atoms with van der Waals surface area (Å²) in [5, 5.41) is 8.32. The molecule has 0 atom stereocenters. The van der Waals surface area contributed by atoms with Gasteiger partial charge in [0.15, 0.2) is 6.61 Å². The molecule has 0 spiro atoms. The highest BCUT2D eigenvalue weighted by atomic mass is 35.5. The van der Waals surface area contributed by atoms with Gasteiger partial charge in [-0.1, -0.05) is 28.9 Å². The number of benzene rings is 1. The van der Waals surface area contributed by atoms with E-state index in [2.05, 4.69) is 10.1 Å². The molecule has 0 amide bonds. The Morgan fingerprint density at radius 3 is 2.82 bits per heavy atom. The molecule has 0 radical (unpaired) electrons. The Balaban J connectivity index is 1.54. The second kappa shape index (κ2) is 6.72. The summed E-state index contributed by atoms with van der Waals surface area (Å²) >= 11 is 7.34. The number of carbonyl (C=O) groups is 1. The molecular weight excluding hydrogens is 324 g/mol. The molecule has 0 aliphatic carbocycles. The van der Waals surface area contributed by atoms with Crippen molar-refractivity contribution >= 4 is 28.9 Å². The largest absolute Gasteiger partial charge is 0.455 e. The van der Waals surface area contributed by atoms with Crippen LogP contribution in [0.15, 0.2) is 45.6 Å². The van der Waals surface area contributed by atoms with Gasteiger partial charge in [0.05, 0.1) is 6.42 Å². The van der Waals surface area contributed by atoms with Gasteiger partial charge in [-0.05, 0) is 29.1 Å². The van der Waals surface area contributed by atoms with Crippen LogP contribution in [0.25, 0.3) is 11.4 Å². The summed E-state index contributed by atoms with van der Waals surface area (Å²) in [5.41, 5.74) is 1.71. The molecule has 0 bridgehead atoms. The van der Waals surface area contributed by atoms with Crippen LogP contribution in [0.2, 0.25) is 5.02 Å². The van der Waals surface area contributed by atoms with Crippen LogP contribution in [0.3, 0.4) is 0 Å². The van der Waals surface area contributed by atoms with Crippen LogP contribution in [0.5, 0.6) is 0 Å². The second-order valence-electron chi connectivity index (χ2n) is 4.49. The minimum Gasteiger partial charge on any atom is -0.455 e. The average Bonchev–Trinajstić information content (AvgIpc) is 3.18. The molecule has 3 aromatic rings. The van der Waals surface area contributed by atoms with Crippen LogP contribution in [0.1, 0.15) is 11.5 Å².